The Kier molecular flexibility index (Phi) is 2.71. The van der Waals surface area contributed by atoms with Crippen molar-refractivity contribution in [2.45, 2.75) is 13.5 Å². The number of aromatic nitrogens is 8. The van der Waals surface area contributed by atoms with Crippen LogP contribution >= 0.6 is 0 Å². The van der Waals surface area contributed by atoms with Crippen molar-refractivity contribution in [2.24, 2.45) is 7.05 Å². The molecule has 4 heterocycles. The molecule has 9 heteroatoms. The Morgan fingerprint density at radius 1 is 0.955 bits per heavy atom. The third kappa shape index (κ3) is 1.79. The van der Waals surface area contributed by atoms with Gasteiger partial charge in [-0.05, 0) is 6.92 Å². The first-order valence-electron chi connectivity index (χ1n) is 6.83. The second-order valence-electron chi connectivity index (χ2n) is 4.76. The molecule has 0 atom stereocenters. The van der Waals surface area contributed by atoms with Gasteiger partial charge in [0.1, 0.15) is 23.7 Å². The number of nitrogens with zero attached hydrogens (tertiary/aromatic N) is 8. The summed E-state index contributed by atoms with van der Waals surface area (Å²) in [5, 5.41) is 3.24. The summed E-state index contributed by atoms with van der Waals surface area (Å²) in [5.74, 6) is 1.32. The quantitative estimate of drug-likeness (QED) is 0.607. The predicted octanol–water partition coefficient (Wildman–Crippen LogP) is 1.27. The molecule has 0 fully saturated rings. The van der Waals surface area contributed by atoms with Gasteiger partial charge in [-0.1, -0.05) is 0 Å². The molecule has 4 aromatic heterocycles. The molecule has 4 rings (SSSR count). The van der Waals surface area contributed by atoms with Gasteiger partial charge in [-0.15, -0.1) is 0 Å². The van der Waals surface area contributed by atoms with Crippen molar-refractivity contribution in [1.29, 1.82) is 0 Å². The van der Waals surface area contributed by atoms with Crippen molar-refractivity contribution in [3.8, 4) is 0 Å². The van der Waals surface area contributed by atoms with Gasteiger partial charge in [0.2, 0.25) is 11.9 Å². The van der Waals surface area contributed by atoms with E-state index in [1.54, 1.807) is 12.4 Å². The molecule has 110 valence electrons. The fraction of sp³-hybridized carbons (Fsp3) is 0.231. The number of anilines is 2. The number of nitrogens with one attached hydrogen (secondary N) is 1. The third-order valence-corrected chi connectivity index (χ3v) is 3.53. The van der Waals surface area contributed by atoms with Gasteiger partial charge in [-0.2, -0.15) is 9.97 Å². The smallest absolute Gasteiger partial charge is 0.212 e. The molecule has 1 N–H and O–H groups in total. The van der Waals surface area contributed by atoms with E-state index in [0.29, 0.717) is 23.2 Å². The molecular formula is C13H13N9. The molecule has 0 radical (unpaired) electrons. The summed E-state index contributed by atoms with van der Waals surface area (Å²) in [6.45, 7) is 2.79. The lowest BCUT2D eigenvalue weighted by molar-refractivity contribution is 0.791. The van der Waals surface area contributed by atoms with Gasteiger partial charge in [0.15, 0.2) is 11.3 Å². The van der Waals surface area contributed by atoms with Gasteiger partial charge in [-0.25, -0.2) is 19.9 Å². The van der Waals surface area contributed by atoms with Crippen LogP contribution in [0, 0.1) is 0 Å². The molecule has 0 aliphatic rings. The lowest BCUT2D eigenvalue weighted by Gasteiger charge is -2.07. The van der Waals surface area contributed by atoms with Crippen molar-refractivity contribution < 1.29 is 0 Å². The van der Waals surface area contributed by atoms with Gasteiger partial charge in [0.05, 0.1) is 12.4 Å². The van der Waals surface area contributed by atoms with E-state index in [0.717, 1.165) is 17.6 Å². The summed E-state index contributed by atoms with van der Waals surface area (Å²) in [7, 11) is 1.90. The normalized spacial score (nSPS) is 11.4. The highest BCUT2D eigenvalue weighted by atomic mass is 15.3. The molecule has 0 amide bonds. The number of rotatable bonds is 3. The second-order valence-corrected chi connectivity index (χ2v) is 4.76. The lowest BCUT2D eigenvalue weighted by Crippen LogP contribution is -2.06. The van der Waals surface area contributed by atoms with E-state index in [9.17, 15) is 0 Å². The SMILES string of the molecule is CCn1c(Nc2nc3ncncc3n2C)nc2ncncc21. The van der Waals surface area contributed by atoms with E-state index in [-0.39, 0.29) is 0 Å². The van der Waals surface area contributed by atoms with E-state index in [4.69, 9.17) is 0 Å². The Bertz CT molecular complexity index is 968. The monoisotopic (exact) mass is 295 g/mol. The predicted molar refractivity (Wildman–Crippen MR) is 80.6 cm³/mol. The van der Waals surface area contributed by atoms with Crippen molar-refractivity contribution in [3.63, 3.8) is 0 Å². The summed E-state index contributed by atoms with van der Waals surface area (Å²) in [6.07, 6.45) is 6.46. The topological polar surface area (TPSA) is 99.2 Å². The van der Waals surface area contributed by atoms with Crippen LogP contribution in [0.25, 0.3) is 22.3 Å². The molecule has 0 aliphatic heterocycles. The first kappa shape index (κ1) is 12.6. The highest BCUT2D eigenvalue weighted by Gasteiger charge is 2.14. The maximum atomic E-state index is 4.50. The van der Waals surface area contributed by atoms with Crippen LogP contribution in [-0.2, 0) is 13.6 Å². The van der Waals surface area contributed by atoms with Crippen molar-refractivity contribution in [3.05, 3.63) is 25.0 Å². The number of aryl methyl sites for hydroxylation is 2. The zero-order valence-electron chi connectivity index (χ0n) is 12.1. The Hall–Kier alpha value is -3.10. The van der Waals surface area contributed by atoms with Crippen molar-refractivity contribution in [2.75, 3.05) is 5.32 Å². The van der Waals surface area contributed by atoms with Crippen LogP contribution < -0.4 is 5.32 Å². The molecule has 0 saturated carbocycles. The molecule has 0 saturated heterocycles. The van der Waals surface area contributed by atoms with Crippen LogP contribution in [0.3, 0.4) is 0 Å². The highest BCUT2D eigenvalue weighted by Crippen LogP contribution is 2.22. The number of hydrogen-bond acceptors (Lipinski definition) is 7. The van der Waals surface area contributed by atoms with Crippen LogP contribution in [0.15, 0.2) is 25.0 Å². The molecule has 0 unspecified atom stereocenters. The Morgan fingerprint density at radius 3 is 2.27 bits per heavy atom. The van der Waals surface area contributed by atoms with E-state index in [1.807, 2.05) is 23.1 Å². The minimum atomic E-state index is 0.638. The third-order valence-electron chi connectivity index (χ3n) is 3.53. The van der Waals surface area contributed by atoms with Gasteiger partial charge in [-0.3, -0.25) is 5.32 Å². The number of fused-ring (bicyclic) bond motifs is 2. The fourth-order valence-electron chi connectivity index (χ4n) is 2.42. The number of imidazole rings is 2. The first-order valence-corrected chi connectivity index (χ1v) is 6.83. The molecule has 0 bridgehead atoms. The van der Waals surface area contributed by atoms with Gasteiger partial charge in [0.25, 0.3) is 0 Å². The first-order chi connectivity index (χ1) is 10.8. The maximum Gasteiger partial charge on any atom is 0.212 e. The van der Waals surface area contributed by atoms with Crippen molar-refractivity contribution in [1.82, 2.24) is 39.0 Å². The van der Waals surface area contributed by atoms with Gasteiger partial charge >= 0.3 is 0 Å². The summed E-state index contributed by atoms with van der Waals surface area (Å²) in [5.41, 5.74) is 3.02. The van der Waals surface area contributed by atoms with E-state index < -0.39 is 0 Å². The van der Waals surface area contributed by atoms with Gasteiger partial charge < -0.3 is 9.13 Å². The Balaban J connectivity index is 1.84. The minimum absolute atomic E-state index is 0.638. The van der Waals surface area contributed by atoms with Crippen LogP contribution in [0.2, 0.25) is 0 Å². The summed E-state index contributed by atoms with van der Waals surface area (Å²) >= 11 is 0. The Morgan fingerprint density at radius 2 is 1.59 bits per heavy atom. The molecule has 0 spiro atoms. The second kappa shape index (κ2) is 4.72. The standard InChI is InChI=1S/C13H13N9/c1-3-22-9-5-15-7-17-11(9)19-13(22)20-12-18-10-8(21(12)2)4-14-6-16-10/h4-7H,3H2,1-2H3,(H,14,15,16,17,18,19,20). The average molecular weight is 295 g/mol. The van der Waals surface area contributed by atoms with Crippen LogP contribution in [0.5, 0.6) is 0 Å². The fourth-order valence-corrected chi connectivity index (χ4v) is 2.42. The zero-order chi connectivity index (χ0) is 15.1. The molecular weight excluding hydrogens is 282 g/mol. The maximum absolute atomic E-state index is 4.50. The van der Waals surface area contributed by atoms with Crippen molar-refractivity contribution >= 4 is 34.2 Å². The molecule has 0 aliphatic carbocycles. The van der Waals surface area contributed by atoms with Crippen LogP contribution in [-0.4, -0.2) is 39.0 Å². The van der Waals surface area contributed by atoms with E-state index >= 15 is 0 Å². The van der Waals surface area contributed by atoms with E-state index in [2.05, 4.69) is 35.2 Å². The molecule has 4 aromatic rings. The largest absolute Gasteiger partial charge is 0.310 e. The lowest BCUT2D eigenvalue weighted by atomic mass is 10.5. The van der Waals surface area contributed by atoms with Crippen LogP contribution in [0.1, 0.15) is 6.92 Å². The molecule has 22 heavy (non-hydrogen) atoms. The number of hydrogen-bond donors (Lipinski definition) is 1. The van der Waals surface area contributed by atoms with E-state index in [1.165, 1.54) is 12.7 Å². The molecule has 9 nitrogen and oxygen atoms in total. The van der Waals surface area contributed by atoms with Crippen LogP contribution in [0.4, 0.5) is 11.9 Å². The average Bonchev–Trinajstić information content (AvgIpc) is 3.06. The molecule has 0 aromatic carbocycles. The summed E-state index contributed by atoms with van der Waals surface area (Å²) in [6, 6.07) is 0. The zero-order valence-corrected chi connectivity index (χ0v) is 12.1. The summed E-state index contributed by atoms with van der Waals surface area (Å²) < 4.78 is 3.89. The summed E-state index contributed by atoms with van der Waals surface area (Å²) in [4.78, 5) is 25.4. The highest BCUT2D eigenvalue weighted by molar-refractivity contribution is 5.77. The minimum Gasteiger partial charge on any atom is -0.310 e. The van der Waals surface area contributed by atoms with Gasteiger partial charge in [0, 0.05) is 13.6 Å². The Labute approximate surface area is 125 Å².